The molecule has 0 bridgehead atoms. The van der Waals surface area contributed by atoms with E-state index >= 15 is 0 Å². The smallest absolute Gasteiger partial charge is 0.334 e. The number of hydrogen-bond donors (Lipinski definition) is 8. The van der Waals surface area contributed by atoms with E-state index in [1.165, 1.54) is 0 Å². The van der Waals surface area contributed by atoms with Gasteiger partial charge in [0.15, 0.2) is 0 Å². The van der Waals surface area contributed by atoms with Crippen LogP contribution in [0.1, 0.15) is 11.1 Å². The van der Waals surface area contributed by atoms with Gasteiger partial charge in [-0.1, -0.05) is 60.7 Å². The molecule has 0 fully saturated rings. The van der Waals surface area contributed by atoms with Crippen LogP contribution >= 0.6 is 17.2 Å². The minimum Gasteiger partial charge on any atom is -0.395 e. The van der Waals surface area contributed by atoms with Crippen LogP contribution in [0.4, 0.5) is 0 Å². The summed E-state index contributed by atoms with van der Waals surface area (Å²) >= 11 is 0. The van der Waals surface area contributed by atoms with Gasteiger partial charge in [0.1, 0.15) is 0 Å². The zero-order chi connectivity index (χ0) is 22.6. The van der Waals surface area contributed by atoms with E-state index in [0.29, 0.717) is 0 Å². The first kappa shape index (κ1) is 27.0. The normalized spacial score (nSPS) is 12.1. The zero-order valence-electron chi connectivity index (χ0n) is 16.2. The number of rotatable bonds is 10. The standard InChI is InChI=1S/C19H24O4.H4O5P2/c20-13-18(14-21,15-22)19(23,11-16-7-3-1-4-8-16)12-17-9-5-2-6-10-17;1-6(2)5-7(3)4/h1-10,20-23H,11-15H2;1-4H. The van der Waals surface area contributed by atoms with Gasteiger partial charge >= 0.3 is 17.2 Å². The first-order valence-corrected chi connectivity index (χ1v) is 11.2. The molecule has 0 unspecified atom stereocenters. The van der Waals surface area contributed by atoms with Crippen LogP contribution in [-0.4, -0.2) is 65.4 Å². The first-order valence-electron chi connectivity index (χ1n) is 8.88. The van der Waals surface area contributed by atoms with Crippen molar-refractivity contribution in [2.24, 2.45) is 5.41 Å². The Kier molecular flexibility index (Phi) is 12.0. The molecule has 0 amide bonds. The highest BCUT2D eigenvalue weighted by atomic mass is 31.2. The summed E-state index contributed by atoms with van der Waals surface area (Å²) in [6.45, 7) is -1.51. The second-order valence-electron chi connectivity index (χ2n) is 6.70. The third-order valence-corrected chi connectivity index (χ3v) is 5.89. The molecule has 0 saturated carbocycles. The van der Waals surface area contributed by atoms with Crippen molar-refractivity contribution in [1.29, 1.82) is 0 Å². The van der Waals surface area contributed by atoms with Gasteiger partial charge in [0, 0.05) is 12.8 Å². The molecule has 11 heteroatoms. The molecule has 30 heavy (non-hydrogen) atoms. The maximum Gasteiger partial charge on any atom is 0.334 e. The fraction of sp³-hybridized carbons (Fsp3) is 0.368. The Labute approximate surface area is 177 Å². The van der Waals surface area contributed by atoms with Gasteiger partial charge in [-0.3, -0.25) is 0 Å². The summed E-state index contributed by atoms with van der Waals surface area (Å²) in [5.41, 5.74) is -1.11. The van der Waals surface area contributed by atoms with Crippen LogP contribution in [0.15, 0.2) is 60.7 Å². The average molecular weight is 462 g/mol. The molecule has 0 aliphatic heterocycles. The van der Waals surface area contributed by atoms with Crippen LogP contribution in [0.3, 0.4) is 0 Å². The van der Waals surface area contributed by atoms with E-state index < -0.39 is 48.0 Å². The van der Waals surface area contributed by atoms with Crippen LogP contribution in [-0.2, 0) is 17.2 Å². The Morgan fingerprint density at radius 2 is 0.967 bits per heavy atom. The van der Waals surface area contributed by atoms with Crippen LogP contribution in [0, 0.1) is 5.41 Å². The summed E-state index contributed by atoms with van der Waals surface area (Å²) in [7, 11) is -5.22. The molecule has 8 N–H and O–H groups in total. The highest BCUT2D eigenvalue weighted by molar-refractivity contribution is 7.53. The Bertz CT molecular complexity index is 642. The molecule has 0 spiro atoms. The summed E-state index contributed by atoms with van der Waals surface area (Å²) in [6, 6.07) is 18.8. The summed E-state index contributed by atoms with van der Waals surface area (Å²) in [4.78, 5) is 31.3. The minimum atomic E-state index is -2.61. The van der Waals surface area contributed by atoms with Crippen LogP contribution in [0.25, 0.3) is 0 Å². The lowest BCUT2D eigenvalue weighted by Gasteiger charge is -2.44. The number of aliphatic hydroxyl groups is 4. The van der Waals surface area contributed by atoms with Crippen LogP contribution in [0.5, 0.6) is 0 Å². The molecule has 168 valence electrons. The molecule has 0 aliphatic carbocycles. The van der Waals surface area contributed by atoms with Gasteiger partial charge in [-0.05, 0) is 11.1 Å². The molecule has 0 aromatic heterocycles. The molecule has 2 rings (SSSR count). The predicted octanol–water partition coefficient (Wildman–Crippen LogP) is 0.592. The first-order chi connectivity index (χ1) is 14.2. The van der Waals surface area contributed by atoms with Gasteiger partial charge in [-0.25, -0.2) is 4.31 Å². The van der Waals surface area contributed by atoms with Gasteiger partial charge < -0.3 is 40.0 Å². The van der Waals surface area contributed by atoms with E-state index in [4.69, 9.17) is 19.6 Å². The Hall–Kier alpha value is -1.06. The SMILES string of the molecule is OCC(CO)(CO)C(O)(Cc1ccccc1)Cc1ccccc1.OP(O)OP(O)O. The minimum absolute atomic E-state index is 0.227. The lowest BCUT2D eigenvalue weighted by molar-refractivity contribution is -0.152. The van der Waals surface area contributed by atoms with E-state index in [9.17, 15) is 20.4 Å². The van der Waals surface area contributed by atoms with E-state index in [2.05, 4.69) is 4.31 Å². The second kappa shape index (κ2) is 13.4. The van der Waals surface area contributed by atoms with Crippen molar-refractivity contribution in [1.82, 2.24) is 0 Å². The van der Waals surface area contributed by atoms with Crippen molar-refractivity contribution in [3.8, 4) is 0 Å². The third kappa shape index (κ3) is 8.23. The van der Waals surface area contributed by atoms with Crippen molar-refractivity contribution < 1.29 is 44.3 Å². The van der Waals surface area contributed by atoms with E-state index in [0.717, 1.165) is 11.1 Å². The molecule has 2 aromatic carbocycles. The Morgan fingerprint density at radius 3 is 1.20 bits per heavy atom. The van der Waals surface area contributed by atoms with E-state index in [-0.39, 0.29) is 12.8 Å². The lowest BCUT2D eigenvalue weighted by Crippen LogP contribution is -2.58. The molecule has 2 aromatic rings. The Balaban J connectivity index is 0.000000553. The van der Waals surface area contributed by atoms with Crippen LogP contribution in [0.2, 0.25) is 0 Å². The van der Waals surface area contributed by atoms with Crippen molar-refractivity contribution in [3.63, 3.8) is 0 Å². The molecule has 0 atom stereocenters. The molecule has 0 saturated heterocycles. The van der Waals surface area contributed by atoms with Crippen molar-refractivity contribution in [3.05, 3.63) is 71.8 Å². The van der Waals surface area contributed by atoms with E-state index in [1.54, 1.807) is 0 Å². The highest BCUT2D eigenvalue weighted by Crippen LogP contribution is 2.41. The fourth-order valence-corrected chi connectivity index (χ4v) is 3.48. The largest absolute Gasteiger partial charge is 0.395 e. The lowest BCUT2D eigenvalue weighted by atomic mass is 9.67. The maximum absolute atomic E-state index is 11.3. The number of hydrogen-bond acceptors (Lipinski definition) is 9. The quantitative estimate of drug-likeness (QED) is 0.235. The van der Waals surface area contributed by atoms with Crippen molar-refractivity contribution in [2.45, 2.75) is 18.4 Å². The average Bonchev–Trinajstić information content (AvgIpc) is 2.70. The maximum atomic E-state index is 11.3. The fourth-order valence-electron chi connectivity index (χ4n) is 2.96. The summed E-state index contributed by atoms with van der Waals surface area (Å²) in [5.74, 6) is 0. The van der Waals surface area contributed by atoms with Gasteiger partial charge in [-0.2, -0.15) is 0 Å². The molecule has 0 radical (unpaired) electrons. The van der Waals surface area contributed by atoms with Gasteiger partial charge in [-0.15, -0.1) is 0 Å². The summed E-state index contributed by atoms with van der Waals surface area (Å²) in [6.07, 6.45) is 0.453. The van der Waals surface area contributed by atoms with Gasteiger partial charge in [0.05, 0.1) is 30.8 Å². The monoisotopic (exact) mass is 462 g/mol. The third-order valence-electron chi connectivity index (χ3n) is 4.72. The van der Waals surface area contributed by atoms with Crippen LogP contribution < -0.4 is 0 Å². The molecular weight excluding hydrogens is 434 g/mol. The molecule has 0 heterocycles. The number of benzene rings is 2. The van der Waals surface area contributed by atoms with Crippen molar-refractivity contribution >= 4 is 17.2 Å². The molecule has 9 nitrogen and oxygen atoms in total. The summed E-state index contributed by atoms with van der Waals surface area (Å²) < 4.78 is 3.60. The Morgan fingerprint density at radius 1 is 0.633 bits per heavy atom. The zero-order valence-corrected chi connectivity index (χ0v) is 18.0. The summed E-state index contributed by atoms with van der Waals surface area (Å²) in [5, 5.41) is 40.7. The molecular formula is C19H28O9P2. The van der Waals surface area contributed by atoms with Gasteiger partial charge in [0.2, 0.25) is 0 Å². The topological polar surface area (TPSA) is 171 Å². The second-order valence-corrected chi connectivity index (χ2v) is 8.36. The molecule has 0 aliphatic rings. The van der Waals surface area contributed by atoms with E-state index in [1.807, 2.05) is 60.7 Å². The highest BCUT2D eigenvalue weighted by Gasteiger charge is 2.49. The number of aliphatic hydroxyl groups excluding tert-OH is 3. The van der Waals surface area contributed by atoms with Gasteiger partial charge in [0.25, 0.3) is 0 Å². The van der Waals surface area contributed by atoms with Crippen molar-refractivity contribution in [2.75, 3.05) is 19.8 Å². The predicted molar refractivity (Wildman–Crippen MR) is 113 cm³/mol.